The largest absolute Gasteiger partial charge is 0.467 e. The molecule has 1 aliphatic heterocycles. The summed E-state index contributed by atoms with van der Waals surface area (Å²) in [5, 5.41) is 2.58. The van der Waals surface area contributed by atoms with E-state index in [2.05, 4.69) is 15.0 Å². The molecule has 6 nitrogen and oxygen atoms in total. The van der Waals surface area contributed by atoms with Crippen molar-refractivity contribution in [2.24, 2.45) is 0 Å². The van der Waals surface area contributed by atoms with Crippen molar-refractivity contribution in [3.63, 3.8) is 0 Å². The Morgan fingerprint density at radius 1 is 1.22 bits per heavy atom. The zero-order chi connectivity index (χ0) is 19.4. The van der Waals surface area contributed by atoms with Gasteiger partial charge < -0.3 is 15.0 Å². The van der Waals surface area contributed by atoms with Gasteiger partial charge in [-0.25, -0.2) is 4.98 Å². The third-order valence-corrected chi connectivity index (χ3v) is 3.90. The molecule has 0 spiro atoms. The van der Waals surface area contributed by atoms with Crippen molar-refractivity contribution >= 4 is 23.2 Å². The van der Waals surface area contributed by atoms with Gasteiger partial charge in [0.05, 0.1) is 0 Å². The molecule has 0 saturated carbocycles. The van der Waals surface area contributed by atoms with Gasteiger partial charge in [0.15, 0.2) is 6.61 Å². The number of hydrogen-bond donors (Lipinski definition) is 1. The van der Waals surface area contributed by atoms with Gasteiger partial charge in [0.25, 0.3) is 5.91 Å². The van der Waals surface area contributed by atoms with Crippen LogP contribution in [0.1, 0.15) is 23.2 Å². The van der Waals surface area contributed by atoms with Gasteiger partial charge in [-0.1, -0.05) is 0 Å². The summed E-state index contributed by atoms with van der Waals surface area (Å²) in [6.45, 7) is -0.886. The average molecular weight is 379 g/mol. The predicted octanol–water partition coefficient (Wildman–Crippen LogP) is 3.40. The lowest BCUT2D eigenvalue weighted by Gasteiger charge is -2.16. The standard InChI is InChI=1S/C18H16F3N3O3/c19-18(20,21)11-27-17-14(3-1-9-22-17)16(26)23-12-5-7-13(8-6-12)24-10-2-4-15(24)25/h1,3,5-9H,2,4,10-11H2,(H,23,26). The number of ether oxygens (including phenoxy) is 1. The summed E-state index contributed by atoms with van der Waals surface area (Å²) in [6.07, 6.45) is -1.97. The molecular formula is C18H16F3N3O3. The number of nitrogens with one attached hydrogen (secondary N) is 1. The first kappa shape index (κ1) is 18.7. The van der Waals surface area contributed by atoms with Crippen LogP contribution >= 0.6 is 0 Å². The normalized spacial score (nSPS) is 14.3. The lowest BCUT2D eigenvalue weighted by Crippen LogP contribution is -2.23. The fourth-order valence-electron chi connectivity index (χ4n) is 2.67. The summed E-state index contributed by atoms with van der Waals surface area (Å²) < 4.78 is 41.6. The van der Waals surface area contributed by atoms with E-state index in [0.29, 0.717) is 18.7 Å². The Kier molecular flexibility index (Phi) is 5.29. The van der Waals surface area contributed by atoms with Crippen LogP contribution in [-0.2, 0) is 4.79 Å². The molecule has 1 aromatic heterocycles. The molecule has 0 aliphatic carbocycles. The number of rotatable bonds is 5. The van der Waals surface area contributed by atoms with Crippen molar-refractivity contribution in [3.8, 4) is 5.88 Å². The molecule has 1 saturated heterocycles. The minimum Gasteiger partial charge on any atom is -0.467 e. The van der Waals surface area contributed by atoms with E-state index in [1.54, 1.807) is 29.2 Å². The molecule has 2 amide bonds. The Morgan fingerprint density at radius 2 is 1.96 bits per heavy atom. The van der Waals surface area contributed by atoms with E-state index in [-0.39, 0.29) is 11.5 Å². The van der Waals surface area contributed by atoms with Crippen molar-refractivity contribution in [2.45, 2.75) is 19.0 Å². The van der Waals surface area contributed by atoms with E-state index < -0.39 is 24.6 Å². The fourth-order valence-corrected chi connectivity index (χ4v) is 2.67. The number of aromatic nitrogens is 1. The van der Waals surface area contributed by atoms with Gasteiger partial charge in [-0.15, -0.1) is 0 Å². The van der Waals surface area contributed by atoms with E-state index in [0.717, 1.165) is 12.1 Å². The number of amides is 2. The van der Waals surface area contributed by atoms with Crippen molar-refractivity contribution in [3.05, 3.63) is 48.2 Å². The fraction of sp³-hybridized carbons (Fsp3) is 0.278. The van der Waals surface area contributed by atoms with Gasteiger partial charge in [0, 0.05) is 30.5 Å². The molecule has 1 N–H and O–H groups in total. The molecule has 9 heteroatoms. The Morgan fingerprint density at radius 3 is 2.59 bits per heavy atom. The Balaban J connectivity index is 1.69. The van der Waals surface area contributed by atoms with Crippen molar-refractivity contribution in [1.82, 2.24) is 4.98 Å². The molecular weight excluding hydrogens is 363 g/mol. The molecule has 0 atom stereocenters. The van der Waals surface area contributed by atoms with Gasteiger partial charge in [0.2, 0.25) is 11.8 Å². The smallest absolute Gasteiger partial charge is 0.422 e. The average Bonchev–Trinajstić information content (AvgIpc) is 3.06. The van der Waals surface area contributed by atoms with Crippen LogP contribution in [0.5, 0.6) is 5.88 Å². The first-order chi connectivity index (χ1) is 12.8. The van der Waals surface area contributed by atoms with Crippen LogP contribution in [0.4, 0.5) is 24.5 Å². The highest BCUT2D eigenvalue weighted by Gasteiger charge is 2.29. The summed E-state index contributed by atoms with van der Waals surface area (Å²) in [5.41, 5.74) is 1.05. The summed E-state index contributed by atoms with van der Waals surface area (Å²) >= 11 is 0. The predicted molar refractivity (Wildman–Crippen MR) is 91.8 cm³/mol. The SMILES string of the molecule is O=C(Nc1ccc(N2CCCC2=O)cc1)c1cccnc1OCC(F)(F)F. The monoisotopic (exact) mass is 379 g/mol. The number of benzene rings is 1. The Hall–Kier alpha value is -3.10. The van der Waals surface area contributed by atoms with Gasteiger partial charge in [0.1, 0.15) is 5.56 Å². The number of hydrogen-bond acceptors (Lipinski definition) is 4. The molecule has 0 radical (unpaired) electrons. The van der Waals surface area contributed by atoms with Crippen LogP contribution in [0.15, 0.2) is 42.6 Å². The number of carbonyl (C=O) groups excluding carboxylic acids is 2. The first-order valence-corrected chi connectivity index (χ1v) is 8.20. The molecule has 1 fully saturated rings. The van der Waals surface area contributed by atoms with E-state index in [1.165, 1.54) is 18.3 Å². The van der Waals surface area contributed by atoms with Crippen molar-refractivity contribution < 1.29 is 27.5 Å². The third kappa shape index (κ3) is 4.75. The quantitative estimate of drug-likeness (QED) is 0.864. The number of carbonyl (C=O) groups is 2. The summed E-state index contributed by atoms with van der Waals surface area (Å²) in [6, 6.07) is 9.38. The van der Waals surface area contributed by atoms with E-state index >= 15 is 0 Å². The number of nitrogens with zero attached hydrogens (tertiary/aromatic N) is 2. The highest BCUT2D eigenvalue weighted by Crippen LogP contribution is 2.24. The topological polar surface area (TPSA) is 71.5 Å². The van der Waals surface area contributed by atoms with Crippen LogP contribution in [0.25, 0.3) is 0 Å². The lowest BCUT2D eigenvalue weighted by molar-refractivity contribution is -0.154. The van der Waals surface area contributed by atoms with Crippen LogP contribution < -0.4 is 15.0 Å². The van der Waals surface area contributed by atoms with Gasteiger partial charge in [-0.2, -0.15) is 13.2 Å². The number of halogens is 3. The minimum absolute atomic E-state index is 0.0496. The maximum atomic E-state index is 12.4. The molecule has 27 heavy (non-hydrogen) atoms. The third-order valence-electron chi connectivity index (χ3n) is 3.90. The first-order valence-electron chi connectivity index (χ1n) is 8.20. The zero-order valence-electron chi connectivity index (χ0n) is 14.1. The number of pyridine rings is 1. The summed E-state index contributed by atoms with van der Waals surface area (Å²) in [5.74, 6) is -0.995. The molecule has 2 heterocycles. The van der Waals surface area contributed by atoms with Gasteiger partial charge in [-0.05, 0) is 42.8 Å². The van der Waals surface area contributed by atoms with Crippen LogP contribution in [0, 0.1) is 0 Å². The lowest BCUT2D eigenvalue weighted by atomic mass is 10.2. The molecule has 0 bridgehead atoms. The number of alkyl halides is 3. The van der Waals surface area contributed by atoms with E-state index in [1.807, 2.05) is 0 Å². The van der Waals surface area contributed by atoms with Gasteiger partial charge in [-0.3, -0.25) is 9.59 Å². The molecule has 1 aliphatic rings. The minimum atomic E-state index is -4.53. The molecule has 3 rings (SSSR count). The van der Waals surface area contributed by atoms with E-state index in [4.69, 9.17) is 0 Å². The second-order valence-electron chi connectivity index (χ2n) is 5.91. The molecule has 1 aromatic carbocycles. The zero-order valence-corrected chi connectivity index (χ0v) is 14.1. The van der Waals surface area contributed by atoms with Crippen molar-refractivity contribution in [2.75, 3.05) is 23.4 Å². The highest BCUT2D eigenvalue weighted by molar-refractivity contribution is 6.06. The van der Waals surface area contributed by atoms with Crippen LogP contribution in [0.3, 0.4) is 0 Å². The summed E-state index contributed by atoms with van der Waals surface area (Å²) in [7, 11) is 0. The van der Waals surface area contributed by atoms with Crippen LogP contribution in [0.2, 0.25) is 0 Å². The Bertz CT molecular complexity index is 838. The second kappa shape index (κ2) is 7.65. The molecule has 142 valence electrons. The second-order valence-corrected chi connectivity index (χ2v) is 5.91. The molecule has 2 aromatic rings. The maximum Gasteiger partial charge on any atom is 0.422 e. The number of anilines is 2. The van der Waals surface area contributed by atoms with E-state index in [9.17, 15) is 22.8 Å². The highest BCUT2D eigenvalue weighted by atomic mass is 19.4. The Labute approximate surface area is 152 Å². The van der Waals surface area contributed by atoms with Gasteiger partial charge >= 0.3 is 6.18 Å². The van der Waals surface area contributed by atoms with Crippen LogP contribution in [-0.4, -0.2) is 36.1 Å². The maximum absolute atomic E-state index is 12.4. The van der Waals surface area contributed by atoms with Crippen molar-refractivity contribution in [1.29, 1.82) is 0 Å². The molecule has 0 unspecified atom stereocenters. The summed E-state index contributed by atoms with van der Waals surface area (Å²) in [4.78, 5) is 29.5.